The third kappa shape index (κ3) is 3.51. The molecule has 2 saturated heterocycles. The molecular weight excluding hydrogens is 328 g/mol. The fourth-order valence-corrected chi connectivity index (χ4v) is 4.49. The highest BCUT2D eigenvalue weighted by atomic mass is 16.2. The first kappa shape index (κ1) is 17.2. The van der Waals surface area contributed by atoms with Gasteiger partial charge in [-0.2, -0.15) is 5.10 Å². The number of nitrogens with one attached hydrogen (secondary N) is 1. The summed E-state index contributed by atoms with van der Waals surface area (Å²) in [7, 11) is 0. The van der Waals surface area contributed by atoms with Crippen molar-refractivity contribution in [3.05, 3.63) is 40.8 Å². The zero-order chi connectivity index (χ0) is 17.9. The maximum atomic E-state index is 12.5. The Labute approximate surface area is 153 Å². The molecule has 0 unspecified atom stereocenters. The lowest BCUT2D eigenvalue weighted by Crippen LogP contribution is -2.51. The van der Waals surface area contributed by atoms with Gasteiger partial charge in [-0.25, -0.2) is 4.68 Å². The van der Waals surface area contributed by atoms with Crippen molar-refractivity contribution >= 4 is 16.7 Å². The number of amides is 1. The lowest BCUT2D eigenvalue weighted by Gasteiger charge is -2.44. The van der Waals surface area contributed by atoms with E-state index in [1.807, 2.05) is 18.2 Å². The first-order chi connectivity index (χ1) is 12.7. The van der Waals surface area contributed by atoms with Crippen molar-refractivity contribution in [2.24, 2.45) is 5.92 Å². The second-order valence-corrected chi connectivity index (χ2v) is 7.50. The molecule has 2 aliphatic heterocycles. The largest absolute Gasteiger partial charge is 0.354 e. The van der Waals surface area contributed by atoms with Crippen molar-refractivity contribution in [3.8, 4) is 0 Å². The maximum Gasteiger partial charge on any atom is 0.275 e. The molecule has 1 N–H and O–H groups in total. The molecule has 1 aromatic carbocycles. The van der Waals surface area contributed by atoms with Gasteiger partial charge in [0.15, 0.2) is 0 Å². The van der Waals surface area contributed by atoms with Crippen molar-refractivity contribution in [2.75, 3.05) is 19.6 Å². The number of aromatic nitrogens is 2. The SMILES string of the molecule is O=C(Cn1ncc2ccccc2c1=O)NC[C@H]1CCCN2CCCC[C@H]12. The van der Waals surface area contributed by atoms with Crippen molar-refractivity contribution in [1.29, 1.82) is 0 Å². The van der Waals surface area contributed by atoms with Crippen molar-refractivity contribution in [2.45, 2.75) is 44.7 Å². The molecule has 2 atom stereocenters. The van der Waals surface area contributed by atoms with Gasteiger partial charge in [-0.1, -0.05) is 24.6 Å². The Hall–Kier alpha value is -2.21. The summed E-state index contributed by atoms with van der Waals surface area (Å²) < 4.78 is 1.26. The lowest BCUT2D eigenvalue weighted by molar-refractivity contribution is -0.122. The van der Waals surface area contributed by atoms with Crippen molar-refractivity contribution in [3.63, 3.8) is 0 Å². The quantitative estimate of drug-likeness (QED) is 0.909. The molecule has 4 rings (SSSR count). The van der Waals surface area contributed by atoms with Crippen LogP contribution in [0.1, 0.15) is 32.1 Å². The van der Waals surface area contributed by atoms with E-state index in [9.17, 15) is 9.59 Å². The van der Waals surface area contributed by atoms with Gasteiger partial charge >= 0.3 is 0 Å². The van der Waals surface area contributed by atoms with E-state index in [2.05, 4.69) is 15.3 Å². The lowest BCUT2D eigenvalue weighted by atomic mass is 9.83. The normalized spacial score (nSPS) is 23.5. The Morgan fingerprint density at radius 2 is 2.00 bits per heavy atom. The third-order valence-corrected chi connectivity index (χ3v) is 5.85. The van der Waals surface area contributed by atoms with Gasteiger partial charge in [0, 0.05) is 18.0 Å². The van der Waals surface area contributed by atoms with Gasteiger partial charge < -0.3 is 10.2 Å². The first-order valence-electron chi connectivity index (χ1n) is 9.68. The number of hydrogen-bond donors (Lipinski definition) is 1. The molecule has 2 aliphatic rings. The minimum atomic E-state index is -0.214. The molecule has 1 aromatic heterocycles. The smallest absolute Gasteiger partial charge is 0.275 e. The summed E-state index contributed by atoms with van der Waals surface area (Å²) in [5.41, 5.74) is -0.214. The van der Waals surface area contributed by atoms with Gasteiger partial charge in [0.2, 0.25) is 5.91 Å². The molecule has 0 spiro atoms. The molecule has 26 heavy (non-hydrogen) atoms. The number of fused-ring (bicyclic) bond motifs is 2. The van der Waals surface area contributed by atoms with E-state index in [0.29, 0.717) is 23.9 Å². The van der Waals surface area contributed by atoms with Gasteiger partial charge in [-0.3, -0.25) is 9.59 Å². The predicted octanol–water partition coefficient (Wildman–Crippen LogP) is 1.78. The zero-order valence-corrected chi connectivity index (χ0v) is 15.1. The molecule has 3 heterocycles. The van der Waals surface area contributed by atoms with Crippen LogP contribution in [0.25, 0.3) is 10.8 Å². The average molecular weight is 354 g/mol. The van der Waals surface area contributed by atoms with Crippen LogP contribution in [0.4, 0.5) is 0 Å². The molecule has 0 saturated carbocycles. The van der Waals surface area contributed by atoms with Crippen LogP contribution in [0.15, 0.2) is 35.3 Å². The van der Waals surface area contributed by atoms with E-state index in [4.69, 9.17) is 0 Å². The molecule has 2 fully saturated rings. The molecule has 6 nitrogen and oxygen atoms in total. The topological polar surface area (TPSA) is 67.2 Å². The van der Waals surface area contributed by atoms with Crippen LogP contribution in [0.3, 0.4) is 0 Å². The summed E-state index contributed by atoms with van der Waals surface area (Å²) in [5.74, 6) is 0.386. The summed E-state index contributed by atoms with van der Waals surface area (Å²) >= 11 is 0. The van der Waals surface area contributed by atoms with Gasteiger partial charge in [0.25, 0.3) is 5.56 Å². The Kier molecular flexibility index (Phi) is 5.02. The Bertz CT molecular complexity index is 845. The molecular formula is C20H26N4O2. The van der Waals surface area contributed by atoms with Crippen LogP contribution < -0.4 is 10.9 Å². The standard InChI is InChI=1S/C20H26N4O2/c25-19(14-24-20(26)17-8-2-1-6-15(17)13-22-24)21-12-16-7-5-11-23-10-4-3-9-18(16)23/h1-2,6,8,13,16,18H,3-5,7,9-12,14H2,(H,21,25)/t16-,18-/m1/s1. The number of benzene rings is 1. The van der Waals surface area contributed by atoms with E-state index in [0.717, 1.165) is 5.39 Å². The third-order valence-electron chi connectivity index (χ3n) is 5.85. The molecule has 138 valence electrons. The number of carbonyl (C=O) groups excluding carboxylic acids is 1. The highest BCUT2D eigenvalue weighted by Crippen LogP contribution is 2.30. The molecule has 0 radical (unpaired) electrons. The van der Waals surface area contributed by atoms with Crippen LogP contribution in [0.5, 0.6) is 0 Å². The second kappa shape index (κ2) is 7.58. The van der Waals surface area contributed by atoms with E-state index >= 15 is 0 Å². The number of rotatable bonds is 4. The highest BCUT2D eigenvalue weighted by Gasteiger charge is 2.32. The maximum absolute atomic E-state index is 12.5. The molecule has 0 aliphatic carbocycles. The Balaban J connectivity index is 1.38. The van der Waals surface area contributed by atoms with E-state index in [-0.39, 0.29) is 18.0 Å². The van der Waals surface area contributed by atoms with Crippen molar-refractivity contribution in [1.82, 2.24) is 20.0 Å². The van der Waals surface area contributed by atoms with Gasteiger partial charge in [-0.15, -0.1) is 0 Å². The number of carbonyl (C=O) groups is 1. The van der Waals surface area contributed by atoms with Crippen molar-refractivity contribution < 1.29 is 4.79 Å². The summed E-state index contributed by atoms with van der Waals surface area (Å²) in [6, 6.07) is 7.94. The second-order valence-electron chi connectivity index (χ2n) is 7.50. The fourth-order valence-electron chi connectivity index (χ4n) is 4.49. The van der Waals surface area contributed by atoms with Gasteiger partial charge in [0.05, 0.1) is 11.6 Å². The van der Waals surface area contributed by atoms with Crippen LogP contribution in [-0.4, -0.2) is 46.3 Å². The highest BCUT2D eigenvalue weighted by molar-refractivity contribution is 5.81. The number of piperidine rings is 2. The number of nitrogens with zero attached hydrogens (tertiary/aromatic N) is 3. The molecule has 6 heteroatoms. The molecule has 1 amide bonds. The molecule has 0 bridgehead atoms. The van der Waals surface area contributed by atoms with Crippen LogP contribution in [-0.2, 0) is 11.3 Å². The summed E-state index contributed by atoms with van der Waals surface area (Å²) in [6.45, 7) is 3.07. The Morgan fingerprint density at radius 3 is 2.92 bits per heavy atom. The monoisotopic (exact) mass is 354 g/mol. The molecule has 2 aromatic rings. The Morgan fingerprint density at radius 1 is 1.15 bits per heavy atom. The number of hydrogen-bond acceptors (Lipinski definition) is 4. The van der Waals surface area contributed by atoms with Crippen LogP contribution in [0.2, 0.25) is 0 Å². The minimum Gasteiger partial charge on any atom is -0.354 e. The zero-order valence-electron chi connectivity index (χ0n) is 15.1. The van der Waals surface area contributed by atoms with E-state index in [1.165, 1.54) is 49.9 Å². The van der Waals surface area contributed by atoms with Crippen LogP contribution in [0, 0.1) is 5.92 Å². The summed E-state index contributed by atoms with van der Waals surface area (Å²) in [4.78, 5) is 27.4. The van der Waals surface area contributed by atoms with E-state index < -0.39 is 0 Å². The van der Waals surface area contributed by atoms with Crippen LogP contribution >= 0.6 is 0 Å². The summed E-state index contributed by atoms with van der Waals surface area (Å²) in [5, 5.41) is 8.58. The fraction of sp³-hybridized carbons (Fsp3) is 0.550. The van der Waals surface area contributed by atoms with Gasteiger partial charge in [0.1, 0.15) is 6.54 Å². The minimum absolute atomic E-state index is 0.0230. The average Bonchev–Trinajstić information content (AvgIpc) is 2.69. The van der Waals surface area contributed by atoms with E-state index in [1.54, 1.807) is 12.3 Å². The summed E-state index contributed by atoms with van der Waals surface area (Å²) in [6.07, 6.45) is 7.86. The van der Waals surface area contributed by atoms with Gasteiger partial charge in [-0.05, 0) is 50.8 Å². The predicted molar refractivity (Wildman–Crippen MR) is 101 cm³/mol. The first-order valence-corrected chi connectivity index (χ1v) is 9.68.